The molecule has 0 radical (unpaired) electrons. The van der Waals surface area contributed by atoms with Crippen LogP contribution in [0.5, 0.6) is 5.75 Å². The van der Waals surface area contributed by atoms with E-state index in [4.69, 9.17) is 10.6 Å². The van der Waals surface area contributed by atoms with Gasteiger partial charge in [-0.05, 0) is 46.7 Å². The predicted molar refractivity (Wildman–Crippen MR) is 102 cm³/mol. The Morgan fingerprint density at radius 2 is 2.11 bits per heavy atom. The maximum absolute atomic E-state index is 12.9. The van der Waals surface area contributed by atoms with Crippen molar-refractivity contribution in [3.8, 4) is 5.75 Å². The molecule has 2 N–H and O–H groups in total. The van der Waals surface area contributed by atoms with Crippen molar-refractivity contribution in [1.29, 1.82) is 0 Å². The molecule has 0 atom stereocenters. The maximum atomic E-state index is 12.9. The van der Waals surface area contributed by atoms with Gasteiger partial charge in [-0.1, -0.05) is 11.8 Å². The zero-order chi connectivity index (χ0) is 19.2. The highest BCUT2D eigenvalue weighted by Crippen LogP contribution is 2.18. The fraction of sp³-hybridized carbons (Fsp3) is 0.235. The van der Waals surface area contributed by atoms with Crippen LogP contribution in [0.2, 0.25) is 0 Å². The molecule has 2 heterocycles. The number of thioether (sulfide) groups is 1. The zero-order valence-electron chi connectivity index (χ0n) is 14.5. The highest BCUT2D eigenvalue weighted by molar-refractivity contribution is 7.99. The van der Waals surface area contributed by atoms with E-state index in [-0.39, 0.29) is 24.1 Å². The summed E-state index contributed by atoms with van der Waals surface area (Å²) in [4.78, 5) is 13.9. The Labute approximate surface area is 163 Å². The molecular formula is C17H18FN5O2S2. The van der Waals surface area contributed by atoms with Crippen LogP contribution in [0.15, 0.2) is 46.2 Å². The molecule has 10 heteroatoms. The minimum atomic E-state index is -0.336. The van der Waals surface area contributed by atoms with E-state index in [0.29, 0.717) is 23.3 Å². The van der Waals surface area contributed by atoms with Gasteiger partial charge in [-0.15, -0.1) is 10.2 Å². The number of ether oxygens (including phenoxy) is 1. The lowest BCUT2D eigenvalue weighted by atomic mass is 10.3. The van der Waals surface area contributed by atoms with E-state index >= 15 is 0 Å². The van der Waals surface area contributed by atoms with Gasteiger partial charge in [0.1, 0.15) is 18.2 Å². The van der Waals surface area contributed by atoms with Gasteiger partial charge in [0.05, 0.1) is 5.75 Å². The van der Waals surface area contributed by atoms with E-state index in [1.54, 1.807) is 23.3 Å². The fourth-order valence-electron chi connectivity index (χ4n) is 2.16. The molecule has 3 aromatic rings. The molecule has 0 spiro atoms. The molecule has 0 aliphatic carbocycles. The van der Waals surface area contributed by atoms with Gasteiger partial charge in [0, 0.05) is 13.6 Å². The second kappa shape index (κ2) is 8.87. The predicted octanol–water partition coefficient (Wildman–Crippen LogP) is 2.52. The lowest BCUT2D eigenvalue weighted by Gasteiger charge is -2.15. The number of hydrogen-bond donors (Lipinski definition) is 1. The van der Waals surface area contributed by atoms with Gasteiger partial charge in [0.15, 0.2) is 5.82 Å². The number of benzene rings is 1. The minimum absolute atomic E-state index is 0.0293. The largest absolute Gasteiger partial charge is 0.486 e. The van der Waals surface area contributed by atoms with E-state index in [0.717, 1.165) is 5.56 Å². The number of amides is 1. The number of carbonyl (C=O) groups is 1. The fourth-order valence-corrected chi connectivity index (χ4v) is 3.64. The Balaban J connectivity index is 1.50. The summed E-state index contributed by atoms with van der Waals surface area (Å²) in [7, 11) is 1.76. The van der Waals surface area contributed by atoms with Crippen molar-refractivity contribution in [2.24, 2.45) is 0 Å². The average Bonchev–Trinajstić information content (AvgIpc) is 3.29. The number of hydrogen-bond acceptors (Lipinski definition) is 7. The zero-order valence-corrected chi connectivity index (χ0v) is 16.2. The Morgan fingerprint density at radius 1 is 1.33 bits per heavy atom. The van der Waals surface area contributed by atoms with Crippen molar-refractivity contribution in [2.75, 3.05) is 18.6 Å². The van der Waals surface area contributed by atoms with E-state index in [2.05, 4.69) is 10.2 Å². The molecule has 0 unspecified atom stereocenters. The quantitative estimate of drug-likeness (QED) is 0.456. The summed E-state index contributed by atoms with van der Waals surface area (Å²) < 4.78 is 19.7. The van der Waals surface area contributed by atoms with Crippen LogP contribution in [0, 0.1) is 5.82 Å². The SMILES string of the molecule is CN(Cc1ccsc1)C(=O)CSc1nnc(COc2ccc(F)cc2)n1N. The number of nitrogens with zero attached hydrogens (tertiary/aromatic N) is 4. The highest BCUT2D eigenvalue weighted by Gasteiger charge is 2.15. The molecule has 3 rings (SSSR count). The number of halogens is 1. The molecule has 0 bridgehead atoms. The molecule has 0 aliphatic heterocycles. The lowest BCUT2D eigenvalue weighted by Crippen LogP contribution is -2.28. The summed E-state index contributed by atoms with van der Waals surface area (Å²) in [6.45, 7) is 0.649. The standard InChI is InChI=1S/C17H18FN5O2S2/c1-22(8-12-6-7-26-10-12)16(24)11-27-17-21-20-15(23(17)19)9-25-14-4-2-13(18)3-5-14/h2-7,10H,8-9,11,19H2,1H3. The van der Waals surface area contributed by atoms with Crippen LogP contribution in [0.25, 0.3) is 0 Å². The lowest BCUT2D eigenvalue weighted by molar-refractivity contribution is -0.127. The van der Waals surface area contributed by atoms with Crippen molar-refractivity contribution in [3.63, 3.8) is 0 Å². The molecule has 1 amide bonds. The summed E-state index contributed by atoms with van der Waals surface area (Å²) in [6.07, 6.45) is 0. The van der Waals surface area contributed by atoms with Gasteiger partial charge in [-0.2, -0.15) is 11.3 Å². The average molecular weight is 407 g/mol. The maximum Gasteiger partial charge on any atom is 0.233 e. The molecule has 1 aromatic carbocycles. The summed E-state index contributed by atoms with van der Waals surface area (Å²) >= 11 is 2.81. The van der Waals surface area contributed by atoms with Crippen molar-refractivity contribution in [3.05, 3.63) is 58.3 Å². The Kier molecular flexibility index (Phi) is 6.30. The third-order valence-electron chi connectivity index (χ3n) is 3.67. The summed E-state index contributed by atoms with van der Waals surface area (Å²) in [5.41, 5.74) is 1.10. The number of carbonyl (C=O) groups excluding carboxylic acids is 1. The molecule has 27 heavy (non-hydrogen) atoms. The van der Waals surface area contributed by atoms with E-state index in [9.17, 15) is 9.18 Å². The Hall–Kier alpha value is -2.59. The number of rotatable bonds is 8. The van der Waals surface area contributed by atoms with Gasteiger partial charge in [0.25, 0.3) is 0 Å². The number of nitrogens with two attached hydrogens (primary N) is 1. The van der Waals surface area contributed by atoms with E-state index < -0.39 is 0 Å². The van der Waals surface area contributed by atoms with Crippen molar-refractivity contribution >= 4 is 29.0 Å². The summed E-state index contributed by atoms with van der Waals surface area (Å²) in [6, 6.07) is 7.64. The van der Waals surface area contributed by atoms with Crippen LogP contribution < -0.4 is 10.6 Å². The summed E-state index contributed by atoms with van der Waals surface area (Å²) in [5.74, 6) is 6.71. The second-order valence-electron chi connectivity index (χ2n) is 5.68. The first-order valence-electron chi connectivity index (χ1n) is 7.98. The van der Waals surface area contributed by atoms with Crippen LogP contribution in [0.4, 0.5) is 4.39 Å². The van der Waals surface area contributed by atoms with Gasteiger partial charge < -0.3 is 15.5 Å². The minimum Gasteiger partial charge on any atom is -0.486 e. The molecule has 0 saturated heterocycles. The number of nitrogen functional groups attached to an aromatic ring is 1. The molecule has 0 saturated carbocycles. The molecule has 0 aliphatic rings. The monoisotopic (exact) mass is 407 g/mol. The first-order valence-corrected chi connectivity index (χ1v) is 9.91. The third-order valence-corrected chi connectivity index (χ3v) is 5.33. The van der Waals surface area contributed by atoms with Crippen molar-refractivity contribution < 1.29 is 13.9 Å². The number of aromatic nitrogens is 3. The van der Waals surface area contributed by atoms with Crippen LogP contribution in [-0.4, -0.2) is 38.5 Å². The number of thiophene rings is 1. The van der Waals surface area contributed by atoms with Gasteiger partial charge >= 0.3 is 0 Å². The Morgan fingerprint density at radius 3 is 2.81 bits per heavy atom. The van der Waals surface area contributed by atoms with Crippen molar-refractivity contribution in [2.45, 2.75) is 18.3 Å². The summed E-state index contributed by atoms with van der Waals surface area (Å²) in [5, 5.41) is 12.4. The molecule has 0 fully saturated rings. The van der Waals surface area contributed by atoms with Crippen LogP contribution in [0.3, 0.4) is 0 Å². The van der Waals surface area contributed by atoms with Crippen LogP contribution >= 0.6 is 23.1 Å². The molecule has 142 valence electrons. The second-order valence-corrected chi connectivity index (χ2v) is 7.40. The first kappa shape index (κ1) is 19.2. The van der Waals surface area contributed by atoms with Crippen LogP contribution in [0.1, 0.15) is 11.4 Å². The normalized spacial score (nSPS) is 10.7. The van der Waals surface area contributed by atoms with Gasteiger partial charge in [0.2, 0.25) is 11.1 Å². The van der Waals surface area contributed by atoms with E-state index in [1.165, 1.54) is 40.7 Å². The van der Waals surface area contributed by atoms with Gasteiger partial charge in [-0.3, -0.25) is 4.79 Å². The van der Waals surface area contributed by atoms with E-state index in [1.807, 2.05) is 16.8 Å². The smallest absolute Gasteiger partial charge is 0.233 e. The molecule has 2 aromatic heterocycles. The van der Waals surface area contributed by atoms with Crippen molar-refractivity contribution in [1.82, 2.24) is 19.8 Å². The molecular weight excluding hydrogens is 389 g/mol. The topological polar surface area (TPSA) is 86.3 Å². The molecule has 7 nitrogen and oxygen atoms in total. The van der Waals surface area contributed by atoms with Gasteiger partial charge in [-0.25, -0.2) is 9.07 Å². The first-order chi connectivity index (χ1) is 13.0. The van der Waals surface area contributed by atoms with Crippen LogP contribution in [-0.2, 0) is 17.9 Å². The highest BCUT2D eigenvalue weighted by atomic mass is 32.2. The Bertz CT molecular complexity index is 883. The third kappa shape index (κ3) is 5.20.